The first-order valence-electron chi connectivity index (χ1n) is 13.7. The van der Waals surface area contributed by atoms with Gasteiger partial charge >= 0.3 is 0 Å². The van der Waals surface area contributed by atoms with Crippen LogP contribution in [0.5, 0.6) is 5.75 Å². The number of thiazole rings is 1. The van der Waals surface area contributed by atoms with E-state index >= 15 is 0 Å². The highest BCUT2D eigenvalue weighted by molar-refractivity contribution is 7.07. The van der Waals surface area contributed by atoms with Crippen LogP contribution in [0.2, 0.25) is 0 Å². The van der Waals surface area contributed by atoms with Crippen LogP contribution in [0.15, 0.2) is 118 Å². The molecule has 1 atom stereocenters. The van der Waals surface area contributed by atoms with Crippen LogP contribution >= 0.6 is 11.3 Å². The molecular formula is C34H25N3O4S. The van der Waals surface area contributed by atoms with Crippen LogP contribution in [-0.4, -0.2) is 9.49 Å². The fraction of sp³-hybridized carbons (Fsp3) is 0.118. The van der Waals surface area contributed by atoms with E-state index in [0.717, 1.165) is 40.8 Å². The molecule has 0 fully saturated rings. The second kappa shape index (κ2) is 10.7. The van der Waals surface area contributed by atoms with E-state index in [-0.39, 0.29) is 23.9 Å². The normalized spacial score (nSPS) is 15.8. The standard InChI is InChI=1S/C34H25N3O4S/c38-33-30(20-23-7-6-11-27(19-23)41-21-22-13-16-26(17-14-22)37(39)40)42-34-35-31-28-12-5-4-8-24(28)15-18-29(31)32(36(33)34)25-9-2-1-3-10-25/h1-14,16-17,19-20,32H,15,18,21H2/b30-20+/t32-/m0/s1. The third-order valence-electron chi connectivity index (χ3n) is 7.70. The summed E-state index contributed by atoms with van der Waals surface area (Å²) in [6, 6.07) is 32.3. The molecule has 1 aromatic heterocycles. The summed E-state index contributed by atoms with van der Waals surface area (Å²) in [5, 5.41) is 10.9. The van der Waals surface area contributed by atoms with Gasteiger partial charge in [0.05, 0.1) is 21.2 Å². The number of benzene rings is 4. The number of aromatic nitrogens is 1. The van der Waals surface area contributed by atoms with E-state index in [9.17, 15) is 14.9 Å². The highest BCUT2D eigenvalue weighted by Crippen LogP contribution is 2.41. The molecule has 0 saturated carbocycles. The van der Waals surface area contributed by atoms with Gasteiger partial charge in [0.1, 0.15) is 12.4 Å². The molecule has 0 amide bonds. The van der Waals surface area contributed by atoms with Crippen LogP contribution in [0.4, 0.5) is 5.69 Å². The molecule has 7 rings (SSSR count). The molecule has 1 aliphatic carbocycles. The Labute approximate surface area is 245 Å². The summed E-state index contributed by atoms with van der Waals surface area (Å²) in [4.78, 5) is 30.2. The van der Waals surface area contributed by atoms with Gasteiger partial charge in [-0.25, -0.2) is 4.99 Å². The van der Waals surface area contributed by atoms with E-state index in [1.165, 1.54) is 34.6 Å². The Morgan fingerprint density at radius 1 is 0.952 bits per heavy atom. The van der Waals surface area contributed by atoms with Gasteiger partial charge in [-0.05, 0) is 71.0 Å². The fourth-order valence-electron chi connectivity index (χ4n) is 5.68. The lowest BCUT2D eigenvalue weighted by Crippen LogP contribution is -2.38. The van der Waals surface area contributed by atoms with Gasteiger partial charge in [-0.2, -0.15) is 0 Å². The molecule has 0 spiro atoms. The number of nitro groups is 1. The Balaban J connectivity index is 1.26. The second-order valence-corrected chi connectivity index (χ2v) is 11.3. The number of aryl methyl sites for hydroxylation is 1. The van der Waals surface area contributed by atoms with Crippen LogP contribution in [-0.2, 0) is 13.0 Å². The summed E-state index contributed by atoms with van der Waals surface area (Å²) < 4.78 is 8.42. The average molecular weight is 572 g/mol. The van der Waals surface area contributed by atoms with Crippen molar-refractivity contribution in [3.05, 3.63) is 166 Å². The van der Waals surface area contributed by atoms with E-state index in [2.05, 4.69) is 30.3 Å². The summed E-state index contributed by atoms with van der Waals surface area (Å²) in [7, 11) is 0. The summed E-state index contributed by atoms with van der Waals surface area (Å²) in [5.41, 5.74) is 7.33. The van der Waals surface area contributed by atoms with Gasteiger partial charge < -0.3 is 4.74 Å². The Kier molecular flexibility index (Phi) is 6.60. The molecule has 42 heavy (non-hydrogen) atoms. The summed E-state index contributed by atoms with van der Waals surface area (Å²) in [6.07, 6.45) is 3.67. The van der Waals surface area contributed by atoms with Gasteiger partial charge in [0.25, 0.3) is 11.2 Å². The van der Waals surface area contributed by atoms with E-state index < -0.39 is 4.92 Å². The molecule has 0 saturated heterocycles. The molecule has 4 aromatic carbocycles. The van der Waals surface area contributed by atoms with Crippen LogP contribution in [0, 0.1) is 10.1 Å². The maximum absolute atomic E-state index is 14.0. The zero-order chi connectivity index (χ0) is 28.6. The molecule has 0 N–H and O–H groups in total. The first-order chi connectivity index (χ1) is 20.5. The van der Waals surface area contributed by atoms with Gasteiger partial charge in [0, 0.05) is 17.7 Å². The number of nitrogens with zero attached hydrogens (tertiary/aromatic N) is 3. The summed E-state index contributed by atoms with van der Waals surface area (Å²) in [6.45, 7) is 0.272. The molecule has 1 aliphatic heterocycles. The van der Waals surface area contributed by atoms with Crippen molar-refractivity contribution in [2.75, 3.05) is 0 Å². The van der Waals surface area contributed by atoms with Crippen LogP contribution in [0.3, 0.4) is 0 Å². The Morgan fingerprint density at radius 2 is 1.74 bits per heavy atom. The molecule has 2 heterocycles. The second-order valence-electron chi connectivity index (χ2n) is 10.3. The first-order valence-corrected chi connectivity index (χ1v) is 14.5. The van der Waals surface area contributed by atoms with Crippen molar-refractivity contribution in [1.82, 2.24) is 4.57 Å². The van der Waals surface area contributed by atoms with Gasteiger partial charge in [-0.3, -0.25) is 19.5 Å². The lowest BCUT2D eigenvalue weighted by atomic mass is 9.83. The van der Waals surface area contributed by atoms with E-state index in [0.29, 0.717) is 15.1 Å². The SMILES string of the molecule is O=c1/c(=C\c2cccc(OCc3ccc([N+](=O)[O-])cc3)c2)sc2n1[C@@H](c1ccccc1)C1=C(N=2)c2ccccc2CC1. The quantitative estimate of drug-likeness (QED) is 0.190. The van der Waals surface area contributed by atoms with Crippen molar-refractivity contribution in [1.29, 1.82) is 0 Å². The largest absolute Gasteiger partial charge is 0.489 e. The average Bonchev–Trinajstić information content (AvgIpc) is 3.33. The van der Waals surface area contributed by atoms with Crippen molar-refractivity contribution < 1.29 is 9.66 Å². The maximum Gasteiger partial charge on any atom is 0.271 e. The highest BCUT2D eigenvalue weighted by atomic mass is 32.1. The molecule has 0 radical (unpaired) electrons. The number of rotatable bonds is 6. The Morgan fingerprint density at radius 3 is 2.55 bits per heavy atom. The maximum atomic E-state index is 14.0. The number of fused-ring (bicyclic) bond motifs is 3. The monoisotopic (exact) mass is 571 g/mol. The minimum atomic E-state index is -0.422. The van der Waals surface area contributed by atoms with Gasteiger partial charge in [-0.1, -0.05) is 78.1 Å². The van der Waals surface area contributed by atoms with Gasteiger partial charge in [0.2, 0.25) is 0 Å². The lowest BCUT2D eigenvalue weighted by molar-refractivity contribution is -0.384. The van der Waals surface area contributed by atoms with Gasteiger partial charge in [-0.15, -0.1) is 0 Å². The molecule has 0 bridgehead atoms. The van der Waals surface area contributed by atoms with Crippen LogP contribution < -0.4 is 19.6 Å². The number of nitro benzene ring substituents is 1. The Bertz CT molecular complexity index is 2040. The zero-order valence-electron chi connectivity index (χ0n) is 22.5. The van der Waals surface area contributed by atoms with Crippen molar-refractivity contribution in [2.24, 2.45) is 4.99 Å². The number of allylic oxidation sites excluding steroid dienone is 1. The lowest BCUT2D eigenvalue weighted by Gasteiger charge is -2.30. The molecule has 8 heteroatoms. The zero-order valence-corrected chi connectivity index (χ0v) is 23.3. The fourth-order valence-corrected chi connectivity index (χ4v) is 6.68. The molecular weight excluding hydrogens is 546 g/mol. The predicted molar refractivity (Wildman–Crippen MR) is 163 cm³/mol. The minimum absolute atomic E-state index is 0.0433. The predicted octanol–water partition coefficient (Wildman–Crippen LogP) is 5.81. The van der Waals surface area contributed by atoms with Gasteiger partial charge in [0.15, 0.2) is 4.80 Å². The van der Waals surface area contributed by atoms with Crippen molar-refractivity contribution in [3.63, 3.8) is 0 Å². The number of ether oxygens (including phenoxy) is 1. The van der Waals surface area contributed by atoms with Crippen LogP contribution in [0.25, 0.3) is 11.8 Å². The Hall–Kier alpha value is -5.08. The third-order valence-corrected chi connectivity index (χ3v) is 8.68. The van der Waals surface area contributed by atoms with Crippen molar-refractivity contribution in [3.8, 4) is 5.75 Å². The van der Waals surface area contributed by atoms with E-state index in [1.54, 1.807) is 12.1 Å². The van der Waals surface area contributed by atoms with Crippen LogP contribution in [0.1, 0.15) is 40.3 Å². The highest BCUT2D eigenvalue weighted by Gasteiger charge is 2.32. The topological polar surface area (TPSA) is 86.7 Å². The van der Waals surface area contributed by atoms with E-state index in [4.69, 9.17) is 9.73 Å². The smallest absolute Gasteiger partial charge is 0.271 e. The molecule has 2 aliphatic rings. The summed E-state index contributed by atoms with van der Waals surface area (Å²) in [5.74, 6) is 0.643. The van der Waals surface area contributed by atoms with Crippen molar-refractivity contribution in [2.45, 2.75) is 25.5 Å². The van der Waals surface area contributed by atoms with E-state index in [1.807, 2.05) is 59.2 Å². The summed E-state index contributed by atoms with van der Waals surface area (Å²) >= 11 is 1.40. The minimum Gasteiger partial charge on any atom is -0.489 e. The van der Waals surface area contributed by atoms with Crippen molar-refractivity contribution >= 4 is 28.8 Å². The molecule has 5 aromatic rings. The molecule has 7 nitrogen and oxygen atoms in total. The first kappa shape index (κ1) is 25.9. The number of non-ortho nitro benzene ring substituents is 1. The number of hydrogen-bond donors (Lipinski definition) is 0. The number of hydrogen-bond acceptors (Lipinski definition) is 6. The molecule has 0 unspecified atom stereocenters. The third kappa shape index (κ3) is 4.76. The molecule has 206 valence electrons.